The molecule has 0 radical (unpaired) electrons. The Morgan fingerprint density at radius 2 is 1.90 bits per heavy atom. The van der Waals surface area contributed by atoms with Gasteiger partial charge in [0.1, 0.15) is 0 Å². The molecule has 0 bridgehead atoms. The number of hydrogen-bond acceptors (Lipinski definition) is 2. The summed E-state index contributed by atoms with van der Waals surface area (Å²) in [6.07, 6.45) is -3.37. The van der Waals surface area contributed by atoms with Crippen LogP contribution in [0.4, 0.5) is 18.9 Å². The van der Waals surface area contributed by atoms with Gasteiger partial charge in [0, 0.05) is 18.8 Å². The zero-order valence-electron chi connectivity index (χ0n) is 12.8. The second-order valence-corrected chi connectivity index (χ2v) is 6.82. The van der Waals surface area contributed by atoms with Gasteiger partial charge in [0.05, 0.1) is 5.56 Å². The highest BCUT2D eigenvalue weighted by atomic mass is 19.4. The van der Waals surface area contributed by atoms with Gasteiger partial charge in [0.2, 0.25) is 0 Å². The summed E-state index contributed by atoms with van der Waals surface area (Å²) in [5.41, 5.74) is 6.57. The molecule has 2 rings (SSSR count). The number of rotatable bonds is 2. The van der Waals surface area contributed by atoms with Crippen molar-refractivity contribution < 1.29 is 13.2 Å². The van der Waals surface area contributed by atoms with Crippen LogP contribution < -0.4 is 10.6 Å². The normalized spacial score (nSPS) is 20.1. The molecule has 0 spiro atoms. The van der Waals surface area contributed by atoms with E-state index in [1.807, 2.05) is 25.7 Å². The molecular weight excluding hydrogens is 277 g/mol. The maximum Gasteiger partial charge on any atom is 0.416 e. The van der Waals surface area contributed by atoms with Crippen molar-refractivity contribution >= 4 is 5.69 Å². The maximum absolute atomic E-state index is 13.0. The van der Waals surface area contributed by atoms with Crippen LogP contribution in [-0.2, 0) is 11.6 Å². The highest BCUT2D eigenvalue weighted by Crippen LogP contribution is 2.39. The lowest BCUT2D eigenvalue weighted by atomic mass is 9.84. The number of halogens is 3. The van der Waals surface area contributed by atoms with E-state index in [-0.39, 0.29) is 5.41 Å². The van der Waals surface area contributed by atoms with Crippen LogP contribution in [0.5, 0.6) is 0 Å². The average molecular weight is 300 g/mol. The minimum absolute atomic E-state index is 0.194. The van der Waals surface area contributed by atoms with Crippen molar-refractivity contribution in [3.05, 3.63) is 29.3 Å². The van der Waals surface area contributed by atoms with Gasteiger partial charge in [0.25, 0.3) is 0 Å². The molecule has 1 fully saturated rings. The Morgan fingerprint density at radius 1 is 1.24 bits per heavy atom. The Morgan fingerprint density at radius 3 is 2.38 bits per heavy atom. The third-order valence-electron chi connectivity index (χ3n) is 4.09. The quantitative estimate of drug-likeness (QED) is 0.900. The summed E-state index contributed by atoms with van der Waals surface area (Å²) in [5.74, 6) is 0.368. The average Bonchev–Trinajstić information content (AvgIpc) is 2.84. The Labute approximate surface area is 124 Å². The first-order valence-corrected chi connectivity index (χ1v) is 7.29. The van der Waals surface area contributed by atoms with Gasteiger partial charge in [-0.3, -0.25) is 0 Å². The molecule has 5 heteroatoms. The van der Waals surface area contributed by atoms with E-state index in [0.29, 0.717) is 18.2 Å². The molecule has 1 unspecified atom stereocenters. The third kappa shape index (κ3) is 3.51. The highest BCUT2D eigenvalue weighted by Gasteiger charge is 2.34. The van der Waals surface area contributed by atoms with Crippen LogP contribution in [0.3, 0.4) is 0 Å². The first kappa shape index (κ1) is 16.1. The summed E-state index contributed by atoms with van der Waals surface area (Å²) in [6, 6.07) is 4.09. The summed E-state index contributed by atoms with van der Waals surface area (Å²) in [6.45, 7) is 8.16. The lowest BCUT2D eigenvalue weighted by Crippen LogP contribution is -2.26. The van der Waals surface area contributed by atoms with Crippen molar-refractivity contribution in [2.75, 3.05) is 24.5 Å². The van der Waals surface area contributed by atoms with Gasteiger partial charge in [-0.1, -0.05) is 26.8 Å². The van der Waals surface area contributed by atoms with Gasteiger partial charge in [-0.25, -0.2) is 0 Å². The number of hydrogen-bond donors (Lipinski definition) is 1. The standard InChI is InChI=1S/C16H23F3N2/c1-15(2,3)13-5-4-12(16(17,18)19)8-14(13)21-7-6-11(9-20)10-21/h4-5,8,11H,6-7,9-10,20H2,1-3H3. The van der Waals surface area contributed by atoms with Crippen LogP contribution in [0, 0.1) is 5.92 Å². The lowest BCUT2D eigenvalue weighted by Gasteiger charge is -2.29. The third-order valence-corrected chi connectivity index (χ3v) is 4.09. The number of benzene rings is 1. The highest BCUT2D eigenvalue weighted by molar-refractivity contribution is 5.59. The number of alkyl halides is 3. The Bertz CT molecular complexity index is 503. The van der Waals surface area contributed by atoms with Gasteiger partial charge in [-0.15, -0.1) is 0 Å². The Kier molecular flexibility index (Phi) is 4.24. The predicted molar refractivity (Wildman–Crippen MR) is 79.5 cm³/mol. The molecule has 1 heterocycles. The molecule has 2 N–H and O–H groups in total. The van der Waals surface area contributed by atoms with Crippen LogP contribution in [-0.4, -0.2) is 19.6 Å². The van der Waals surface area contributed by atoms with E-state index in [0.717, 1.165) is 25.1 Å². The number of nitrogens with zero attached hydrogens (tertiary/aromatic N) is 1. The first-order chi connectivity index (χ1) is 9.63. The Hall–Kier alpha value is -1.23. The minimum atomic E-state index is -4.31. The van der Waals surface area contributed by atoms with Crippen molar-refractivity contribution in [2.24, 2.45) is 11.7 Å². The summed E-state index contributed by atoms with van der Waals surface area (Å²) in [4.78, 5) is 2.05. The van der Waals surface area contributed by atoms with E-state index in [9.17, 15) is 13.2 Å². The summed E-state index contributed by atoms with van der Waals surface area (Å²) in [5, 5.41) is 0. The van der Waals surface area contributed by atoms with Crippen molar-refractivity contribution in [1.29, 1.82) is 0 Å². The van der Waals surface area contributed by atoms with Gasteiger partial charge >= 0.3 is 6.18 Å². The largest absolute Gasteiger partial charge is 0.416 e. The molecular formula is C16H23F3N2. The molecule has 1 atom stereocenters. The van der Waals surface area contributed by atoms with E-state index in [4.69, 9.17) is 5.73 Å². The van der Waals surface area contributed by atoms with Crippen LogP contribution in [0.1, 0.15) is 38.3 Å². The van der Waals surface area contributed by atoms with Crippen LogP contribution in [0.25, 0.3) is 0 Å². The maximum atomic E-state index is 13.0. The van der Waals surface area contributed by atoms with E-state index in [1.165, 1.54) is 12.1 Å². The molecule has 118 valence electrons. The second-order valence-electron chi connectivity index (χ2n) is 6.82. The fourth-order valence-corrected chi connectivity index (χ4v) is 2.85. The lowest BCUT2D eigenvalue weighted by molar-refractivity contribution is -0.137. The van der Waals surface area contributed by atoms with Crippen molar-refractivity contribution in [1.82, 2.24) is 0 Å². The molecule has 1 aliphatic heterocycles. The molecule has 1 aromatic rings. The summed E-state index contributed by atoms with van der Waals surface area (Å²) >= 11 is 0. The second kappa shape index (κ2) is 5.52. The molecule has 21 heavy (non-hydrogen) atoms. The van der Waals surface area contributed by atoms with E-state index in [2.05, 4.69) is 0 Å². The molecule has 0 aromatic heterocycles. The van der Waals surface area contributed by atoms with Gasteiger partial charge in [-0.2, -0.15) is 13.2 Å². The zero-order chi connectivity index (χ0) is 15.8. The SMILES string of the molecule is CC(C)(C)c1ccc(C(F)(F)F)cc1N1CCC(CN)C1. The van der Waals surface area contributed by atoms with Crippen molar-refractivity contribution in [2.45, 2.75) is 38.8 Å². The Balaban J connectivity index is 2.44. The summed E-state index contributed by atoms with van der Waals surface area (Å²) < 4.78 is 39.0. The van der Waals surface area contributed by atoms with Crippen LogP contribution in [0.15, 0.2) is 18.2 Å². The van der Waals surface area contributed by atoms with Gasteiger partial charge < -0.3 is 10.6 Å². The molecule has 1 aliphatic rings. The first-order valence-electron chi connectivity index (χ1n) is 7.29. The van der Waals surface area contributed by atoms with Crippen LogP contribution >= 0.6 is 0 Å². The number of nitrogens with two attached hydrogens (primary N) is 1. The van der Waals surface area contributed by atoms with E-state index >= 15 is 0 Å². The monoisotopic (exact) mass is 300 g/mol. The van der Waals surface area contributed by atoms with Crippen molar-refractivity contribution in [3.63, 3.8) is 0 Å². The number of anilines is 1. The molecule has 2 nitrogen and oxygen atoms in total. The molecule has 1 saturated heterocycles. The molecule has 0 aliphatic carbocycles. The smallest absolute Gasteiger partial charge is 0.371 e. The van der Waals surface area contributed by atoms with Gasteiger partial charge in [-0.05, 0) is 42.0 Å². The van der Waals surface area contributed by atoms with Crippen LogP contribution in [0.2, 0.25) is 0 Å². The fraction of sp³-hybridized carbons (Fsp3) is 0.625. The van der Waals surface area contributed by atoms with Gasteiger partial charge in [0.15, 0.2) is 0 Å². The van der Waals surface area contributed by atoms with E-state index in [1.54, 1.807) is 6.07 Å². The zero-order valence-corrected chi connectivity index (χ0v) is 12.8. The fourth-order valence-electron chi connectivity index (χ4n) is 2.85. The predicted octanol–water partition coefficient (Wildman–Crippen LogP) is 3.79. The molecule has 1 aromatic carbocycles. The van der Waals surface area contributed by atoms with E-state index < -0.39 is 11.7 Å². The summed E-state index contributed by atoms with van der Waals surface area (Å²) in [7, 11) is 0. The van der Waals surface area contributed by atoms with Crippen molar-refractivity contribution in [3.8, 4) is 0 Å². The molecule has 0 amide bonds. The minimum Gasteiger partial charge on any atom is -0.371 e. The molecule has 0 saturated carbocycles. The topological polar surface area (TPSA) is 29.3 Å².